The first kappa shape index (κ1) is 21.2. The van der Waals surface area contributed by atoms with Crippen molar-refractivity contribution in [1.29, 1.82) is 0 Å². The van der Waals surface area contributed by atoms with Crippen LogP contribution >= 0.6 is 18.1 Å². The number of nitrogens with one attached hydrogen (secondary N) is 1. The van der Waals surface area contributed by atoms with Crippen molar-refractivity contribution >= 4 is 40.9 Å². The molecule has 1 N–H and O–H groups in total. The van der Waals surface area contributed by atoms with Crippen LogP contribution in [-0.2, 0) is 31.8 Å². The average molecular weight is 398 g/mol. The van der Waals surface area contributed by atoms with Gasteiger partial charge in [0.2, 0.25) is 6.49 Å². The Labute approximate surface area is 152 Å². The van der Waals surface area contributed by atoms with Crippen LogP contribution in [0, 0.1) is 0 Å². The first-order chi connectivity index (χ1) is 10.6. The Balaban J connectivity index is 3.26. The molecule has 2 atom stereocenters. The minimum Gasteiger partial charge on any atom is -0.328 e. The quantitative estimate of drug-likeness (QED) is 0.641. The monoisotopic (exact) mass is 397 g/mol. The molecule has 0 amide bonds. The van der Waals surface area contributed by atoms with Gasteiger partial charge in [-0.1, -0.05) is 23.7 Å². The van der Waals surface area contributed by atoms with Gasteiger partial charge in [0.25, 0.3) is 0 Å². The maximum Gasteiger partial charge on any atom is 0.211 e. The Morgan fingerprint density at radius 1 is 1.22 bits per heavy atom. The summed E-state index contributed by atoms with van der Waals surface area (Å²) in [7, 11) is -1.31. The lowest BCUT2D eigenvalue weighted by molar-refractivity contribution is 0.258. The SMILES string of the molecule is CCOP(=S)(OCC)[C@@H](N[S@@](=O)C(C)(C)C)c1ccc(Cl)cc1. The fourth-order valence-corrected chi connectivity index (χ4v) is 6.42. The lowest BCUT2D eigenvalue weighted by atomic mass is 10.2. The molecule has 1 aromatic carbocycles. The molecule has 0 bridgehead atoms. The summed E-state index contributed by atoms with van der Waals surface area (Å²) >= 11 is 11.7. The van der Waals surface area contributed by atoms with Crippen molar-refractivity contribution < 1.29 is 13.3 Å². The summed E-state index contributed by atoms with van der Waals surface area (Å²) in [5.74, 6) is -0.463. The van der Waals surface area contributed by atoms with E-state index in [1.54, 1.807) is 12.1 Å². The Morgan fingerprint density at radius 2 is 1.70 bits per heavy atom. The molecule has 0 aliphatic carbocycles. The van der Waals surface area contributed by atoms with Crippen LogP contribution in [0.1, 0.15) is 46.0 Å². The number of hydrogen-bond donors (Lipinski definition) is 1. The van der Waals surface area contributed by atoms with E-state index >= 15 is 0 Å². The lowest BCUT2D eigenvalue weighted by Crippen LogP contribution is -2.36. The van der Waals surface area contributed by atoms with Gasteiger partial charge in [0.1, 0.15) is 5.78 Å². The van der Waals surface area contributed by atoms with Crippen molar-refractivity contribution in [2.45, 2.75) is 45.1 Å². The van der Waals surface area contributed by atoms with Crippen molar-refractivity contribution in [2.75, 3.05) is 13.2 Å². The highest BCUT2D eigenvalue weighted by atomic mass is 35.5. The highest BCUT2D eigenvalue weighted by molar-refractivity contribution is 8.10. The van der Waals surface area contributed by atoms with E-state index in [1.165, 1.54) is 0 Å². The predicted molar refractivity (Wildman–Crippen MR) is 103 cm³/mol. The van der Waals surface area contributed by atoms with Gasteiger partial charge < -0.3 is 9.05 Å². The van der Waals surface area contributed by atoms with Crippen molar-refractivity contribution in [3.05, 3.63) is 34.9 Å². The van der Waals surface area contributed by atoms with Crippen LogP contribution in [0.15, 0.2) is 24.3 Å². The third kappa shape index (κ3) is 6.20. The van der Waals surface area contributed by atoms with Gasteiger partial charge in [0, 0.05) is 5.02 Å². The van der Waals surface area contributed by atoms with E-state index in [0.29, 0.717) is 18.2 Å². The van der Waals surface area contributed by atoms with Gasteiger partial charge >= 0.3 is 0 Å². The van der Waals surface area contributed by atoms with E-state index < -0.39 is 28.0 Å². The van der Waals surface area contributed by atoms with Crippen LogP contribution in [-0.4, -0.2) is 22.2 Å². The van der Waals surface area contributed by atoms with Crippen LogP contribution in [0.2, 0.25) is 5.02 Å². The third-order valence-corrected chi connectivity index (χ3v) is 8.44. The maximum absolute atomic E-state index is 12.6. The Morgan fingerprint density at radius 3 is 2.09 bits per heavy atom. The predicted octanol–water partition coefficient (Wildman–Crippen LogP) is 4.77. The van der Waals surface area contributed by atoms with Gasteiger partial charge in [0.05, 0.1) is 28.9 Å². The zero-order chi connectivity index (χ0) is 17.7. The summed E-state index contributed by atoms with van der Waals surface area (Å²) < 4.78 is 26.9. The molecule has 4 nitrogen and oxygen atoms in total. The van der Waals surface area contributed by atoms with Crippen LogP contribution in [0.25, 0.3) is 0 Å². The van der Waals surface area contributed by atoms with Crippen molar-refractivity contribution in [2.24, 2.45) is 0 Å². The summed E-state index contributed by atoms with van der Waals surface area (Å²) in [5.41, 5.74) is 0.859. The molecule has 8 heteroatoms. The average Bonchev–Trinajstić information content (AvgIpc) is 2.45. The second-order valence-corrected chi connectivity index (χ2v) is 11.9. The smallest absolute Gasteiger partial charge is 0.211 e. The highest BCUT2D eigenvalue weighted by Gasteiger charge is 2.35. The summed E-state index contributed by atoms with van der Waals surface area (Å²) in [6, 6.07) is 7.28. The normalized spacial score (nSPS) is 15.4. The van der Waals surface area contributed by atoms with Gasteiger partial charge in [-0.25, -0.2) is 8.93 Å². The molecular weight excluding hydrogens is 373 g/mol. The molecule has 132 valence electrons. The van der Waals surface area contributed by atoms with Gasteiger partial charge in [0.15, 0.2) is 0 Å². The Bertz CT molecular complexity index is 565. The molecule has 0 aliphatic heterocycles. The molecule has 0 saturated heterocycles. The highest BCUT2D eigenvalue weighted by Crippen LogP contribution is 2.60. The molecule has 0 saturated carbocycles. The van der Waals surface area contributed by atoms with E-state index in [9.17, 15) is 4.21 Å². The first-order valence-corrected chi connectivity index (χ1v) is 11.7. The first-order valence-electron chi connectivity index (χ1n) is 7.46. The molecule has 0 fully saturated rings. The molecule has 0 spiro atoms. The van der Waals surface area contributed by atoms with Crippen molar-refractivity contribution in [3.8, 4) is 0 Å². The molecule has 23 heavy (non-hydrogen) atoms. The van der Waals surface area contributed by atoms with E-state index in [-0.39, 0.29) is 0 Å². The summed E-state index contributed by atoms with van der Waals surface area (Å²) in [6.07, 6.45) is 0. The molecule has 0 aromatic heterocycles. The minimum atomic E-state index is -2.70. The standard InChI is InChI=1S/C15H25ClNO3PS2/c1-6-19-21(22,20-7-2)14(17-23(18)15(3,4)5)12-8-10-13(16)11-9-12/h8-11,14,17H,6-7H2,1-5H3/t14-,23+/m1/s1. The van der Waals surface area contributed by atoms with Gasteiger partial charge in [-0.2, -0.15) is 0 Å². The summed E-state index contributed by atoms with van der Waals surface area (Å²) in [4.78, 5) is 0. The van der Waals surface area contributed by atoms with E-state index in [4.69, 9.17) is 32.5 Å². The van der Waals surface area contributed by atoms with Gasteiger partial charge in [-0.05, 0) is 64.1 Å². The number of benzene rings is 1. The number of halogens is 1. The minimum absolute atomic E-state index is 0.427. The van der Waals surface area contributed by atoms with Crippen LogP contribution in [0.5, 0.6) is 0 Å². The molecule has 0 unspecified atom stereocenters. The largest absolute Gasteiger partial charge is 0.328 e. The zero-order valence-electron chi connectivity index (χ0n) is 14.2. The van der Waals surface area contributed by atoms with Crippen LogP contribution < -0.4 is 4.72 Å². The molecule has 0 radical (unpaired) electrons. The molecular formula is C15H25ClNO3PS2. The summed E-state index contributed by atoms with van der Waals surface area (Å²) in [5, 5.41) is 0.630. The van der Waals surface area contributed by atoms with E-state index in [0.717, 1.165) is 5.56 Å². The fourth-order valence-electron chi connectivity index (χ4n) is 1.78. The van der Waals surface area contributed by atoms with Gasteiger partial charge in [-0.3, -0.25) is 0 Å². The Hall–Kier alpha value is 0.190. The third-order valence-electron chi connectivity index (χ3n) is 2.89. The fraction of sp³-hybridized carbons (Fsp3) is 0.600. The number of rotatable bonds is 8. The van der Waals surface area contributed by atoms with Crippen molar-refractivity contribution in [3.63, 3.8) is 0 Å². The zero-order valence-corrected chi connectivity index (χ0v) is 17.5. The topological polar surface area (TPSA) is 47.6 Å². The van der Waals surface area contributed by atoms with Crippen LogP contribution in [0.4, 0.5) is 0 Å². The molecule has 1 rings (SSSR count). The molecule has 1 aromatic rings. The van der Waals surface area contributed by atoms with Crippen molar-refractivity contribution in [1.82, 2.24) is 4.72 Å². The summed E-state index contributed by atoms with van der Waals surface area (Å²) in [6.45, 7) is 7.63. The van der Waals surface area contributed by atoms with E-state index in [1.807, 2.05) is 46.8 Å². The second kappa shape index (κ2) is 9.04. The Kier molecular flexibility index (Phi) is 8.35. The van der Waals surface area contributed by atoms with E-state index in [2.05, 4.69) is 4.72 Å². The van der Waals surface area contributed by atoms with Crippen LogP contribution in [0.3, 0.4) is 0 Å². The molecule has 0 aliphatic rings. The molecule has 0 heterocycles. The maximum atomic E-state index is 12.6. The lowest BCUT2D eigenvalue weighted by Gasteiger charge is -2.32. The number of hydrogen-bond acceptors (Lipinski definition) is 4. The van der Waals surface area contributed by atoms with Gasteiger partial charge in [-0.15, -0.1) is 0 Å². The second-order valence-electron chi connectivity index (χ2n) is 5.83.